The second-order valence-corrected chi connectivity index (χ2v) is 5.89. The molecule has 0 aliphatic rings. The van der Waals surface area contributed by atoms with Gasteiger partial charge in [-0.3, -0.25) is 4.79 Å². The highest BCUT2D eigenvalue weighted by atomic mass is 16.1. The van der Waals surface area contributed by atoms with Gasteiger partial charge in [0.1, 0.15) is 0 Å². The Labute approximate surface area is 127 Å². The summed E-state index contributed by atoms with van der Waals surface area (Å²) < 4.78 is 0. The maximum Gasteiger partial charge on any atom is 0.171 e. The second kappa shape index (κ2) is 6.68. The van der Waals surface area contributed by atoms with E-state index < -0.39 is 0 Å². The van der Waals surface area contributed by atoms with Gasteiger partial charge < -0.3 is 4.90 Å². The van der Waals surface area contributed by atoms with Gasteiger partial charge in [0, 0.05) is 12.1 Å². The van der Waals surface area contributed by atoms with Crippen LogP contribution in [-0.4, -0.2) is 31.3 Å². The first kappa shape index (κ1) is 15.5. The van der Waals surface area contributed by atoms with Gasteiger partial charge in [-0.1, -0.05) is 48.5 Å². The summed E-state index contributed by atoms with van der Waals surface area (Å²) in [5, 5.41) is 0. The molecule has 0 bridgehead atoms. The molecule has 21 heavy (non-hydrogen) atoms. The van der Waals surface area contributed by atoms with E-state index in [4.69, 9.17) is 0 Å². The number of ketones is 1. The van der Waals surface area contributed by atoms with Crippen molar-refractivity contribution < 1.29 is 4.79 Å². The number of benzene rings is 2. The summed E-state index contributed by atoms with van der Waals surface area (Å²) in [5.41, 5.74) is 4.37. The monoisotopic (exact) mass is 281 g/mol. The van der Waals surface area contributed by atoms with Crippen LogP contribution in [0.5, 0.6) is 0 Å². The van der Waals surface area contributed by atoms with Crippen LogP contribution in [0.1, 0.15) is 33.0 Å². The first-order valence-electron chi connectivity index (χ1n) is 7.30. The minimum absolute atomic E-state index is 0.123. The highest BCUT2D eigenvalue weighted by Crippen LogP contribution is 2.24. The summed E-state index contributed by atoms with van der Waals surface area (Å²) in [6, 6.07) is 15.9. The van der Waals surface area contributed by atoms with E-state index in [1.165, 1.54) is 11.1 Å². The zero-order chi connectivity index (χ0) is 15.4. The predicted octanol–water partition coefficient (Wildman–Crippen LogP) is 3.83. The van der Waals surface area contributed by atoms with E-state index in [2.05, 4.69) is 36.9 Å². The molecule has 0 saturated heterocycles. The molecular formula is C19H23NO. The molecule has 0 amide bonds. The third-order valence-corrected chi connectivity index (χ3v) is 3.86. The summed E-state index contributed by atoms with van der Waals surface area (Å²) in [4.78, 5) is 14.9. The zero-order valence-electron chi connectivity index (χ0n) is 13.3. The van der Waals surface area contributed by atoms with Crippen molar-refractivity contribution in [3.8, 4) is 0 Å². The SMILES string of the molecule is Cc1ccc(C(CN(C)C)C(=O)c2ccccc2)cc1C. The van der Waals surface area contributed by atoms with E-state index in [0.717, 1.165) is 17.7 Å². The molecule has 2 rings (SSSR count). The van der Waals surface area contributed by atoms with Crippen molar-refractivity contribution in [2.45, 2.75) is 19.8 Å². The topological polar surface area (TPSA) is 20.3 Å². The third-order valence-electron chi connectivity index (χ3n) is 3.86. The number of aryl methyl sites for hydroxylation is 2. The van der Waals surface area contributed by atoms with Crippen LogP contribution in [0.25, 0.3) is 0 Å². The van der Waals surface area contributed by atoms with Crippen molar-refractivity contribution in [1.82, 2.24) is 4.90 Å². The molecule has 2 aromatic rings. The van der Waals surface area contributed by atoms with Crippen LogP contribution >= 0.6 is 0 Å². The van der Waals surface area contributed by atoms with Crippen LogP contribution in [0.3, 0.4) is 0 Å². The van der Waals surface area contributed by atoms with Gasteiger partial charge in [0.25, 0.3) is 0 Å². The van der Waals surface area contributed by atoms with Gasteiger partial charge in [0.05, 0.1) is 5.92 Å². The summed E-state index contributed by atoms with van der Waals surface area (Å²) >= 11 is 0. The number of Topliss-reactive ketones (excluding diaryl/α,β-unsaturated/α-hetero) is 1. The Morgan fingerprint density at radius 1 is 1.00 bits per heavy atom. The van der Waals surface area contributed by atoms with Gasteiger partial charge in [0.2, 0.25) is 0 Å². The van der Waals surface area contributed by atoms with Gasteiger partial charge in [0.15, 0.2) is 5.78 Å². The Kier molecular flexibility index (Phi) is 4.92. The lowest BCUT2D eigenvalue weighted by Gasteiger charge is -2.21. The molecule has 0 fully saturated rings. The minimum atomic E-state index is -0.123. The number of carbonyl (C=O) groups is 1. The van der Waals surface area contributed by atoms with Crippen molar-refractivity contribution in [1.29, 1.82) is 0 Å². The van der Waals surface area contributed by atoms with Gasteiger partial charge >= 0.3 is 0 Å². The van der Waals surface area contributed by atoms with Crippen molar-refractivity contribution in [3.63, 3.8) is 0 Å². The van der Waals surface area contributed by atoms with Crippen molar-refractivity contribution in [2.75, 3.05) is 20.6 Å². The number of carbonyl (C=O) groups excluding carboxylic acids is 1. The number of nitrogens with zero attached hydrogens (tertiary/aromatic N) is 1. The number of rotatable bonds is 5. The Morgan fingerprint density at radius 3 is 2.24 bits per heavy atom. The summed E-state index contributed by atoms with van der Waals surface area (Å²) in [6.45, 7) is 4.91. The van der Waals surface area contributed by atoms with Crippen molar-refractivity contribution >= 4 is 5.78 Å². The van der Waals surface area contributed by atoms with Gasteiger partial charge in [-0.25, -0.2) is 0 Å². The van der Waals surface area contributed by atoms with E-state index >= 15 is 0 Å². The molecule has 0 radical (unpaired) electrons. The van der Waals surface area contributed by atoms with E-state index in [1.807, 2.05) is 44.4 Å². The Hall–Kier alpha value is -1.93. The molecule has 2 heteroatoms. The highest BCUT2D eigenvalue weighted by Gasteiger charge is 2.22. The van der Waals surface area contributed by atoms with E-state index in [0.29, 0.717) is 0 Å². The fraction of sp³-hybridized carbons (Fsp3) is 0.316. The summed E-state index contributed by atoms with van der Waals surface area (Å²) in [6.07, 6.45) is 0. The third kappa shape index (κ3) is 3.79. The van der Waals surface area contributed by atoms with Gasteiger partial charge in [-0.15, -0.1) is 0 Å². The quantitative estimate of drug-likeness (QED) is 0.776. The van der Waals surface area contributed by atoms with E-state index in [1.54, 1.807) is 0 Å². The highest BCUT2D eigenvalue weighted by molar-refractivity contribution is 6.01. The Balaban J connectivity index is 2.38. The van der Waals surface area contributed by atoms with Crippen molar-refractivity contribution in [3.05, 3.63) is 70.8 Å². The largest absolute Gasteiger partial charge is 0.308 e. The molecule has 0 N–H and O–H groups in total. The molecule has 0 aliphatic carbocycles. The number of likely N-dealkylation sites (N-methyl/N-ethyl adjacent to an activating group) is 1. The molecule has 0 aromatic heterocycles. The van der Waals surface area contributed by atoms with Crippen LogP contribution in [-0.2, 0) is 0 Å². The van der Waals surface area contributed by atoms with Crippen molar-refractivity contribution in [2.24, 2.45) is 0 Å². The zero-order valence-corrected chi connectivity index (χ0v) is 13.3. The molecule has 0 saturated carbocycles. The lowest BCUT2D eigenvalue weighted by Crippen LogP contribution is -2.26. The summed E-state index contributed by atoms with van der Waals surface area (Å²) in [7, 11) is 4.01. The smallest absolute Gasteiger partial charge is 0.171 e. The molecule has 0 spiro atoms. The molecule has 2 nitrogen and oxygen atoms in total. The van der Waals surface area contributed by atoms with Crippen LogP contribution in [0.15, 0.2) is 48.5 Å². The van der Waals surface area contributed by atoms with Crippen LogP contribution in [0.4, 0.5) is 0 Å². The molecule has 0 heterocycles. The Morgan fingerprint density at radius 2 is 1.67 bits per heavy atom. The first-order valence-corrected chi connectivity index (χ1v) is 7.30. The fourth-order valence-electron chi connectivity index (χ4n) is 2.49. The molecule has 2 aromatic carbocycles. The lowest BCUT2D eigenvalue weighted by atomic mass is 9.88. The minimum Gasteiger partial charge on any atom is -0.308 e. The average molecular weight is 281 g/mol. The maximum atomic E-state index is 12.9. The van der Waals surface area contributed by atoms with Gasteiger partial charge in [-0.05, 0) is 44.6 Å². The Bertz CT molecular complexity index is 617. The predicted molar refractivity (Wildman–Crippen MR) is 88.0 cm³/mol. The fourth-order valence-corrected chi connectivity index (χ4v) is 2.49. The normalized spacial score (nSPS) is 12.4. The summed E-state index contributed by atoms with van der Waals surface area (Å²) in [5.74, 6) is 0.0641. The molecular weight excluding hydrogens is 258 g/mol. The van der Waals surface area contributed by atoms with Crippen LogP contribution < -0.4 is 0 Å². The molecule has 1 atom stereocenters. The lowest BCUT2D eigenvalue weighted by molar-refractivity contribution is 0.0945. The van der Waals surface area contributed by atoms with E-state index in [-0.39, 0.29) is 11.7 Å². The first-order chi connectivity index (χ1) is 9.99. The number of hydrogen-bond acceptors (Lipinski definition) is 2. The van der Waals surface area contributed by atoms with Gasteiger partial charge in [-0.2, -0.15) is 0 Å². The molecule has 0 aliphatic heterocycles. The standard InChI is InChI=1S/C19H23NO/c1-14-10-11-17(12-15(14)2)18(13-20(3)4)19(21)16-8-6-5-7-9-16/h5-12,18H,13H2,1-4H3. The number of hydrogen-bond donors (Lipinski definition) is 0. The average Bonchev–Trinajstić information content (AvgIpc) is 2.48. The maximum absolute atomic E-state index is 12.9. The molecule has 110 valence electrons. The second-order valence-electron chi connectivity index (χ2n) is 5.89. The van der Waals surface area contributed by atoms with E-state index in [9.17, 15) is 4.79 Å². The van der Waals surface area contributed by atoms with Crippen LogP contribution in [0, 0.1) is 13.8 Å². The van der Waals surface area contributed by atoms with Crippen LogP contribution in [0.2, 0.25) is 0 Å². The molecule has 1 unspecified atom stereocenters.